The largest absolute Gasteiger partial charge is 0.326 e. The Hall–Kier alpha value is -0.910. The summed E-state index contributed by atoms with van der Waals surface area (Å²) >= 11 is 1.75. The fourth-order valence-electron chi connectivity index (χ4n) is 1.67. The highest BCUT2D eigenvalue weighted by atomic mass is 127. The second-order valence-corrected chi connectivity index (χ2v) is 5.87. The third-order valence-corrected chi connectivity index (χ3v) is 3.71. The monoisotopic (exact) mass is 343 g/mol. The molecule has 0 heterocycles. The number of carbonyl (C=O) groups excluding carboxylic acids is 2. The smallest absolute Gasteiger partial charge is 0.224 e. The number of halogens is 1. The Balaban J connectivity index is 1.94. The van der Waals surface area contributed by atoms with Gasteiger partial charge in [-0.3, -0.25) is 9.59 Å². The van der Waals surface area contributed by atoms with Crippen LogP contribution in [0.3, 0.4) is 0 Å². The van der Waals surface area contributed by atoms with Crippen LogP contribution in [0.15, 0.2) is 24.3 Å². The summed E-state index contributed by atoms with van der Waals surface area (Å²) in [6, 6.07) is 6.98. The molecule has 0 spiro atoms. The van der Waals surface area contributed by atoms with Crippen LogP contribution in [0.25, 0.3) is 0 Å². The van der Waals surface area contributed by atoms with Gasteiger partial charge in [-0.1, -0.05) is 6.92 Å². The van der Waals surface area contributed by atoms with Gasteiger partial charge in [0.25, 0.3) is 0 Å². The zero-order valence-electron chi connectivity index (χ0n) is 9.63. The van der Waals surface area contributed by atoms with Crippen LogP contribution in [0.4, 0.5) is 5.69 Å². The van der Waals surface area contributed by atoms with Crippen LogP contribution in [-0.4, -0.2) is 9.70 Å². The fourth-order valence-corrected chi connectivity index (χ4v) is 2.03. The van der Waals surface area contributed by atoms with Gasteiger partial charge in [0, 0.05) is 40.3 Å². The number of anilines is 1. The molecule has 1 amide bonds. The number of hydrogen-bond acceptors (Lipinski definition) is 2. The van der Waals surface area contributed by atoms with Gasteiger partial charge >= 0.3 is 0 Å². The standard InChI is InChI=1S/C13H14INO2/c1-13(6-7-13)8-11(16)15-10-4-2-9(3-5-10)12(14)17/h2-5H,6-8H2,1H3,(H,15,16). The second kappa shape index (κ2) is 4.76. The number of rotatable bonds is 4. The maximum Gasteiger partial charge on any atom is 0.224 e. The highest BCUT2D eigenvalue weighted by Gasteiger charge is 2.39. The molecular weight excluding hydrogens is 329 g/mol. The molecule has 4 heteroatoms. The maximum atomic E-state index is 11.7. The van der Waals surface area contributed by atoms with Gasteiger partial charge in [-0.2, -0.15) is 0 Å². The lowest BCUT2D eigenvalue weighted by atomic mass is 10.1. The van der Waals surface area contributed by atoms with Gasteiger partial charge in [0.2, 0.25) is 9.70 Å². The minimum atomic E-state index is 0.00553. The van der Waals surface area contributed by atoms with Crippen LogP contribution < -0.4 is 5.32 Å². The van der Waals surface area contributed by atoms with E-state index in [1.165, 1.54) is 0 Å². The van der Waals surface area contributed by atoms with Gasteiger partial charge in [0.15, 0.2) is 0 Å². The van der Waals surface area contributed by atoms with E-state index in [0.29, 0.717) is 12.0 Å². The highest BCUT2D eigenvalue weighted by molar-refractivity contribution is 14.1. The molecule has 0 atom stereocenters. The van der Waals surface area contributed by atoms with Gasteiger partial charge in [-0.25, -0.2) is 0 Å². The number of carbonyl (C=O) groups is 2. The molecule has 17 heavy (non-hydrogen) atoms. The highest BCUT2D eigenvalue weighted by Crippen LogP contribution is 2.48. The van der Waals surface area contributed by atoms with Gasteiger partial charge in [0.05, 0.1) is 0 Å². The van der Waals surface area contributed by atoms with Crippen molar-refractivity contribution in [3.05, 3.63) is 29.8 Å². The molecule has 2 rings (SSSR count). The predicted molar refractivity (Wildman–Crippen MR) is 75.4 cm³/mol. The fraction of sp³-hybridized carbons (Fsp3) is 0.385. The van der Waals surface area contributed by atoms with Crippen LogP contribution in [0.2, 0.25) is 0 Å². The van der Waals surface area contributed by atoms with Crippen molar-refractivity contribution in [3.8, 4) is 0 Å². The molecule has 0 bridgehead atoms. The van der Waals surface area contributed by atoms with Crippen molar-refractivity contribution in [2.24, 2.45) is 5.41 Å². The SMILES string of the molecule is CC1(CC(=O)Nc2ccc(C(=O)I)cc2)CC1. The first-order valence-electron chi connectivity index (χ1n) is 5.58. The number of nitrogens with one attached hydrogen (secondary N) is 1. The van der Waals surface area contributed by atoms with E-state index in [1.54, 1.807) is 46.9 Å². The van der Waals surface area contributed by atoms with E-state index in [0.717, 1.165) is 18.5 Å². The molecule has 0 aromatic heterocycles. The van der Waals surface area contributed by atoms with Gasteiger partial charge in [-0.05, 0) is 42.5 Å². The second-order valence-electron chi connectivity index (χ2n) is 4.89. The number of amides is 1. The molecule has 0 radical (unpaired) electrons. The van der Waals surface area contributed by atoms with Gasteiger partial charge in [-0.15, -0.1) is 0 Å². The maximum absolute atomic E-state index is 11.7. The summed E-state index contributed by atoms with van der Waals surface area (Å²) < 4.78 is 0.00553. The summed E-state index contributed by atoms with van der Waals surface area (Å²) in [5.41, 5.74) is 1.63. The molecule has 1 aromatic rings. The number of hydrogen-bond donors (Lipinski definition) is 1. The molecule has 1 saturated carbocycles. The zero-order valence-corrected chi connectivity index (χ0v) is 11.8. The molecule has 3 nitrogen and oxygen atoms in total. The summed E-state index contributed by atoms with van der Waals surface area (Å²) in [7, 11) is 0. The summed E-state index contributed by atoms with van der Waals surface area (Å²) in [4.78, 5) is 22.8. The van der Waals surface area contributed by atoms with Crippen LogP contribution >= 0.6 is 22.6 Å². The lowest BCUT2D eigenvalue weighted by molar-refractivity contribution is -0.117. The molecule has 1 N–H and O–H groups in total. The first kappa shape index (κ1) is 12.5. The third-order valence-electron chi connectivity index (χ3n) is 3.09. The van der Waals surface area contributed by atoms with Crippen LogP contribution in [0.5, 0.6) is 0 Å². The van der Waals surface area contributed by atoms with E-state index in [1.807, 2.05) is 0 Å². The first-order valence-corrected chi connectivity index (χ1v) is 6.66. The number of benzene rings is 1. The van der Waals surface area contributed by atoms with Crippen LogP contribution in [-0.2, 0) is 4.79 Å². The predicted octanol–water partition coefficient (Wildman–Crippen LogP) is 3.39. The summed E-state index contributed by atoms with van der Waals surface area (Å²) in [5, 5.41) is 2.85. The van der Waals surface area contributed by atoms with Crippen LogP contribution in [0, 0.1) is 5.41 Å². The molecular formula is C13H14INO2. The molecule has 0 saturated heterocycles. The summed E-state index contributed by atoms with van der Waals surface area (Å²) in [6.07, 6.45) is 2.87. The minimum absolute atomic E-state index is 0.00553. The van der Waals surface area contributed by atoms with E-state index in [-0.39, 0.29) is 15.1 Å². The Kier molecular flexibility index (Phi) is 3.51. The van der Waals surface area contributed by atoms with Crippen molar-refractivity contribution in [3.63, 3.8) is 0 Å². The van der Waals surface area contributed by atoms with Crippen molar-refractivity contribution in [2.75, 3.05) is 5.32 Å². The quantitative estimate of drug-likeness (QED) is 0.673. The van der Waals surface area contributed by atoms with Crippen LogP contribution in [0.1, 0.15) is 36.5 Å². The van der Waals surface area contributed by atoms with Crippen molar-refractivity contribution in [2.45, 2.75) is 26.2 Å². The van der Waals surface area contributed by atoms with E-state index in [9.17, 15) is 9.59 Å². The lowest BCUT2D eigenvalue weighted by Crippen LogP contribution is -2.15. The van der Waals surface area contributed by atoms with Gasteiger partial charge < -0.3 is 5.32 Å². The minimum Gasteiger partial charge on any atom is -0.326 e. The van der Waals surface area contributed by atoms with E-state index < -0.39 is 0 Å². The van der Waals surface area contributed by atoms with Crippen molar-refractivity contribution in [1.29, 1.82) is 0 Å². The topological polar surface area (TPSA) is 46.2 Å². The van der Waals surface area contributed by atoms with Crippen molar-refractivity contribution >= 4 is 38.0 Å². The van der Waals surface area contributed by atoms with E-state index >= 15 is 0 Å². The molecule has 1 fully saturated rings. The van der Waals surface area contributed by atoms with E-state index in [4.69, 9.17) is 0 Å². The Morgan fingerprint density at radius 1 is 1.29 bits per heavy atom. The zero-order chi connectivity index (χ0) is 12.5. The first-order chi connectivity index (χ1) is 7.98. The lowest BCUT2D eigenvalue weighted by Gasteiger charge is -2.09. The van der Waals surface area contributed by atoms with Crippen molar-refractivity contribution in [1.82, 2.24) is 0 Å². The third kappa shape index (κ3) is 3.52. The summed E-state index contributed by atoms with van der Waals surface area (Å²) in [5.74, 6) is 0.0542. The van der Waals surface area contributed by atoms with Crippen molar-refractivity contribution < 1.29 is 9.59 Å². The molecule has 0 unspecified atom stereocenters. The molecule has 1 aliphatic carbocycles. The molecule has 1 aromatic carbocycles. The Morgan fingerprint density at radius 2 is 1.88 bits per heavy atom. The Labute approximate surface area is 114 Å². The molecule has 1 aliphatic rings. The Bertz CT molecular complexity index is 449. The molecule has 0 aliphatic heterocycles. The average molecular weight is 343 g/mol. The average Bonchev–Trinajstić information content (AvgIpc) is 2.96. The molecule has 90 valence electrons. The summed E-state index contributed by atoms with van der Waals surface area (Å²) in [6.45, 7) is 2.13. The van der Waals surface area contributed by atoms with E-state index in [2.05, 4.69) is 12.2 Å². The Morgan fingerprint density at radius 3 is 2.35 bits per heavy atom. The van der Waals surface area contributed by atoms with Gasteiger partial charge in [0.1, 0.15) is 0 Å². The normalized spacial score (nSPS) is 16.4.